The molecule has 0 amide bonds. The van der Waals surface area contributed by atoms with Gasteiger partial charge in [-0.25, -0.2) is 19.9 Å². The molecule has 0 saturated carbocycles. The summed E-state index contributed by atoms with van der Waals surface area (Å²) < 4.78 is 1.86. The Bertz CT molecular complexity index is 1690. The Morgan fingerprint density at radius 1 is 0.417 bits per heavy atom. The number of aromatic nitrogens is 8. The van der Waals surface area contributed by atoms with Crippen LogP contribution in [0.5, 0.6) is 0 Å². The fraction of sp³-hybridized carbons (Fsp3) is 0.526. The Kier molecular flexibility index (Phi) is 13.7. The molecule has 0 radical (unpaired) electrons. The van der Waals surface area contributed by atoms with E-state index in [0.717, 1.165) is 105 Å². The number of hydrogen-bond donors (Lipinski definition) is 0. The lowest BCUT2D eigenvalue weighted by molar-refractivity contribution is 0.660. The van der Waals surface area contributed by atoms with Gasteiger partial charge in [0.1, 0.15) is 11.4 Å². The molecule has 10 heteroatoms. The van der Waals surface area contributed by atoms with Gasteiger partial charge in [-0.15, -0.1) is 10.2 Å². The Labute approximate surface area is 302 Å². The van der Waals surface area contributed by atoms with Gasteiger partial charge < -0.3 is 0 Å². The Morgan fingerprint density at radius 2 is 0.771 bits per heavy atom. The van der Waals surface area contributed by atoms with Crippen LogP contribution in [-0.2, 0) is 25.7 Å². The van der Waals surface area contributed by atoms with Crippen LogP contribution in [0.15, 0.2) is 33.2 Å². The molecule has 48 heavy (non-hydrogen) atoms. The van der Waals surface area contributed by atoms with E-state index in [1.54, 1.807) is 0 Å². The van der Waals surface area contributed by atoms with Crippen molar-refractivity contribution in [3.05, 3.63) is 56.0 Å². The van der Waals surface area contributed by atoms with E-state index >= 15 is 0 Å². The van der Waals surface area contributed by atoms with Crippen molar-refractivity contribution in [2.45, 2.75) is 130 Å². The van der Waals surface area contributed by atoms with Crippen molar-refractivity contribution in [1.29, 1.82) is 0 Å². The fourth-order valence-corrected chi connectivity index (χ4v) is 7.12. The van der Waals surface area contributed by atoms with Crippen LogP contribution in [0.25, 0.3) is 44.8 Å². The first-order chi connectivity index (χ1) is 23.5. The van der Waals surface area contributed by atoms with Gasteiger partial charge in [0.15, 0.2) is 0 Å². The number of unbranched alkanes of at least 4 members (excludes halogenated alkanes) is 8. The first-order valence-electron chi connectivity index (χ1n) is 18.0. The highest BCUT2D eigenvalue weighted by Gasteiger charge is 2.19. The zero-order chi connectivity index (χ0) is 33.9. The summed E-state index contributed by atoms with van der Waals surface area (Å²) in [6.07, 6.45) is 17.4. The largest absolute Gasteiger partial charge is 0.242 e. The molecular weight excluding hydrogens is 728 g/mol. The van der Waals surface area contributed by atoms with Crippen LogP contribution in [0, 0.1) is 0 Å². The highest BCUT2D eigenvalue weighted by atomic mass is 79.9. The van der Waals surface area contributed by atoms with E-state index in [0.29, 0.717) is 23.0 Å². The third-order valence-corrected chi connectivity index (χ3v) is 11.1. The van der Waals surface area contributed by atoms with Gasteiger partial charge >= 0.3 is 0 Å². The number of pyridine rings is 2. The van der Waals surface area contributed by atoms with Gasteiger partial charge in [-0.2, -0.15) is 10.2 Å². The van der Waals surface area contributed by atoms with Gasteiger partial charge in [0.25, 0.3) is 0 Å². The summed E-state index contributed by atoms with van der Waals surface area (Å²) in [6, 6.07) is 8.08. The van der Waals surface area contributed by atoms with E-state index in [1.807, 2.05) is 12.1 Å². The number of hydrogen-bond acceptors (Lipinski definition) is 8. The maximum Gasteiger partial charge on any atom is 0.200 e. The SMILES string of the molecule is CCCCCc1nnc(-c2ccc3c(Br)c(Br)c4ccc(-c5nnc(CCCCC)c(CCCCC)n5)nc4c3n2)nc1CCCCC. The van der Waals surface area contributed by atoms with Crippen LogP contribution in [0.3, 0.4) is 0 Å². The molecule has 0 fully saturated rings. The lowest BCUT2D eigenvalue weighted by Crippen LogP contribution is -2.08. The Hall–Kier alpha value is -2.98. The van der Waals surface area contributed by atoms with Crippen LogP contribution in [0.4, 0.5) is 0 Å². The molecule has 254 valence electrons. The minimum atomic E-state index is 0.550. The summed E-state index contributed by atoms with van der Waals surface area (Å²) in [5, 5.41) is 20.5. The van der Waals surface area contributed by atoms with Crippen molar-refractivity contribution in [2.75, 3.05) is 0 Å². The monoisotopic (exact) mass is 774 g/mol. The summed E-state index contributed by atoms with van der Waals surface area (Å²) in [5.74, 6) is 1.10. The smallest absolute Gasteiger partial charge is 0.200 e. The topological polar surface area (TPSA) is 103 Å². The fourth-order valence-electron chi connectivity index (χ4n) is 6.06. The molecule has 4 aromatic heterocycles. The second-order valence-corrected chi connectivity index (χ2v) is 14.3. The highest BCUT2D eigenvalue weighted by Crippen LogP contribution is 2.39. The molecule has 5 aromatic rings. The third-order valence-electron chi connectivity index (χ3n) is 8.89. The van der Waals surface area contributed by atoms with Gasteiger partial charge in [0, 0.05) is 19.7 Å². The molecule has 0 bridgehead atoms. The van der Waals surface area contributed by atoms with Crippen molar-refractivity contribution in [3.63, 3.8) is 0 Å². The number of benzene rings is 1. The van der Waals surface area contributed by atoms with Crippen LogP contribution in [0.2, 0.25) is 0 Å². The number of fused-ring (bicyclic) bond motifs is 3. The van der Waals surface area contributed by atoms with Crippen molar-refractivity contribution in [2.24, 2.45) is 0 Å². The maximum atomic E-state index is 5.14. The molecule has 4 heterocycles. The van der Waals surface area contributed by atoms with Crippen LogP contribution < -0.4 is 0 Å². The standard InChI is InChI=1S/C38H48Br2N8/c1-5-9-13-17-27-29(19-15-11-7-3)45-47-37(43-27)31-23-21-25-33(39)34(40)26-22-24-32(42-36(26)35(25)41-31)38-44-28(18-14-10-6-2)30(46-48-38)20-16-12-8-4/h21-24H,5-20H2,1-4H3. The number of nitrogens with zero attached hydrogens (tertiary/aromatic N) is 8. The third kappa shape index (κ3) is 8.78. The molecule has 0 N–H and O–H groups in total. The van der Waals surface area contributed by atoms with E-state index < -0.39 is 0 Å². The zero-order valence-corrected chi connectivity index (χ0v) is 32.1. The molecule has 5 rings (SSSR count). The minimum absolute atomic E-state index is 0.550. The first kappa shape index (κ1) is 36.3. The van der Waals surface area contributed by atoms with Gasteiger partial charge in [0.2, 0.25) is 11.6 Å². The summed E-state index contributed by atoms with van der Waals surface area (Å²) in [6.45, 7) is 8.90. The summed E-state index contributed by atoms with van der Waals surface area (Å²) >= 11 is 7.63. The average molecular weight is 777 g/mol. The highest BCUT2D eigenvalue weighted by molar-refractivity contribution is 9.13. The van der Waals surface area contributed by atoms with Gasteiger partial charge in [-0.3, -0.25) is 0 Å². The molecule has 0 aliphatic carbocycles. The molecule has 0 atom stereocenters. The zero-order valence-electron chi connectivity index (χ0n) is 29.0. The van der Waals surface area contributed by atoms with E-state index in [-0.39, 0.29) is 0 Å². The van der Waals surface area contributed by atoms with Crippen molar-refractivity contribution < 1.29 is 0 Å². The second kappa shape index (κ2) is 18.1. The Morgan fingerprint density at radius 3 is 1.12 bits per heavy atom. The lowest BCUT2D eigenvalue weighted by Gasteiger charge is -2.12. The van der Waals surface area contributed by atoms with Gasteiger partial charge in [-0.05, 0) is 107 Å². The van der Waals surface area contributed by atoms with E-state index in [9.17, 15) is 0 Å². The molecule has 1 aromatic carbocycles. The molecule has 0 aliphatic heterocycles. The first-order valence-corrected chi connectivity index (χ1v) is 19.6. The maximum absolute atomic E-state index is 5.14. The molecule has 8 nitrogen and oxygen atoms in total. The van der Waals surface area contributed by atoms with E-state index in [4.69, 9.17) is 30.1 Å². The molecule has 0 saturated heterocycles. The predicted molar refractivity (Wildman–Crippen MR) is 203 cm³/mol. The van der Waals surface area contributed by atoms with E-state index in [1.165, 1.54) is 51.4 Å². The van der Waals surface area contributed by atoms with Crippen molar-refractivity contribution >= 4 is 53.7 Å². The molecular formula is C38H48Br2N8. The van der Waals surface area contributed by atoms with Gasteiger partial charge in [-0.1, -0.05) is 79.1 Å². The number of halogens is 2. The summed E-state index contributed by atoms with van der Waals surface area (Å²) in [5.41, 5.74) is 7.02. The minimum Gasteiger partial charge on any atom is -0.242 e. The van der Waals surface area contributed by atoms with Gasteiger partial charge in [0.05, 0.1) is 33.8 Å². The number of rotatable bonds is 18. The average Bonchev–Trinajstić information content (AvgIpc) is 3.11. The van der Waals surface area contributed by atoms with Crippen molar-refractivity contribution in [3.8, 4) is 23.0 Å². The summed E-state index contributed by atoms with van der Waals surface area (Å²) in [7, 11) is 0. The summed E-state index contributed by atoms with van der Waals surface area (Å²) in [4.78, 5) is 20.4. The van der Waals surface area contributed by atoms with Crippen molar-refractivity contribution in [1.82, 2.24) is 40.3 Å². The van der Waals surface area contributed by atoms with Crippen LogP contribution in [0.1, 0.15) is 128 Å². The van der Waals surface area contributed by atoms with Crippen LogP contribution in [-0.4, -0.2) is 40.3 Å². The van der Waals surface area contributed by atoms with E-state index in [2.05, 4.69) is 81.9 Å². The van der Waals surface area contributed by atoms with Crippen LogP contribution >= 0.6 is 31.9 Å². The second-order valence-electron chi connectivity index (χ2n) is 12.7. The Balaban J connectivity index is 1.57. The quantitative estimate of drug-likeness (QED) is 0.0640. The normalized spacial score (nSPS) is 11.6. The lowest BCUT2D eigenvalue weighted by atomic mass is 10.1. The molecule has 0 unspecified atom stereocenters. The molecule has 0 spiro atoms. The number of aryl methyl sites for hydroxylation is 4. The molecule has 0 aliphatic rings. The predicted octanol–water partition coefficient (Wildman–Crippen LogP) is 10.9.